The van der Waals surface area contributed by atoms with E-state index in [2.05, 4.69) is 46.7 Å². The van der Waals surface area contributed by atoms with Crippen LogP contribution in [0, 0.1) is 5.92 Å². The molecule has 0 aromatic heterocycles. The highest BCUT2D eigenvalue weighted by atomic mass is 32.2. The summed E-state index contributed by atoms with van der Waals surface area (Å²) in [6.45, 7) is 6.33. The number of hydrogen-bond acceptors (Lipinski definition) is 4. The van der Waals surface area contributed by atoms with Crippen LogP contribution in [0.5, 0.6) is 0 Å². The number of carbonyl (C=O) groups excluding carboxylic acids is 1. The SMILES string of the molecule is CC1CCCN(Cc2ccccc2CNC(=O)[C@H]2CSCN2)C1. The van der Waals surface area contributed by atoms with Gasteiger partial charge in [-0.3, -0.25) is 15.0 Å². The minimum Gasteiger partial charge on any atom is -0.351 e. The molecule has 2 aliphatic heterocycles. The van der Waals surface area contributed by atoms with Crippen molar-refractivity contribution in [1.82, 2.24) is 15.5 Å². The lowest BCUT2D eigenvalue weighted by atomic mass is 9.99. The van der Waals surface area contributed by atoms with E-state index in [1.165, 1.54) is 37.1 Å². The molecule has 0 radical (unpaired) electrons. The van der Waals surface area contributed by atoms with Crippen molar-refractivity contribution in [2.24, 2.45) is 5.92 Å². The average molecular weight is 334 g/mol. The fraction of sp³-hybridized carbons (Fsp3) is 0.611. The van der Waals surface area contributed by atoms with E-state index < -0.39 is 0 Å². The van der Waals surface area contributed by atoms with E-state index >= 15 is 0 Å². The Balaban J connectivity index is 1.57. The van der Waals surface area contributed by atoms with Gasteiger partial charge in [-0.15, -0.1) is 11.8 Å². The highest BCUT2D eigenvalue weighted by Crippen LogP contribution is 2.19. The third-order valence-corrected chi connectivity index (χ3v) is 5.68. The Morgan fingerprint density at radius 1 is 1.39 bits per heavy atom. The predicted octanol–water partition coefficient (Wildman–Crippen LogP) is 2.20. The number of benzene rings is 1. The van der Waals surface area contributed by atoms with Crippen molar-refractivity contribution in [3.8, 4) is 0 Å². The van der Waals surface area contributed by atoms with Gasteiger partial charge in [0, 0.05) is 31.3 Å². The summed E-state index contributed by atoms with van der Waals surface area (Å²) in [6.07, 6.45) is 2.64. The van der Waals surface area contributed by atoms with Crippen LogP contribution in [0.1, 0.15) is 30.9 Å². The average Bonchev–Trinajstić information content (AvgIpc) is 3.08. The Hall–Kier alpha value is -1.04. The first-order valence-corrected chi connectivity index (χ1v) is 9.76. The van der Waals surface area contributed by atoms with E-state index in [0.29, 0.717) is 6.54 Å². The number of nitrogens with zero attached hydrogens (tertiary/aromatic N) is 1. The van der Waals surface area contributed by atoms with Gasteiger partial charge in [0.05, 0.1) is 6.04 Å². The van der Waals surface area contributed by atoms with Crippen LogP contribution < -0.4 is 10.6 Å². The zero-order chi connectivity index (χ0) is 16.1. The van der Waals surface area contributed by atoms with Gasteiger partial charge in [-0.2, -0.15) is 0 Å². The first-order valence-electron chi connectivity index (χ1n) is 8.60. The van der Waals surface area contributed by atoms with Crippen LogP contribution in [0.25, 0.3) is 0 Å². The van der Waals surface area contributed by atoms with Crippen LogP contribution >= 0.6 is 11.8 Å². The summed E-state index contributed by atoms with van der Waals surface area (Å²) < 4.78 is 0. The van der Waals surface area contributed by atoms with Crippen LogP contribution in [0.15, 0.2) is 24.3 Å². The van der Waals surface area contributed by atoms with Crippen LogP contribution in [-0.4, -0.2) is 41.6 Å². The van der Waals surface area contributed by atoms with Crippen LogP contribution in [-0.2, 0) is 17.9 Å². The Kier molecular flexibility index (Phi) is 5.97. The molecule has 2 aliphatic rings. The van der Waals surface area contributed by atoms with Gasteiger partial charge in [0.25, 0.3) is 0 Å². The topological polar surface area (TPSA) is 44.4 Å². The van der Waals surface area contributed by atoms with Crippen molar-refractivity contribution in [3.63, 3.8) is 0 Å². The Morgan fingerprint density at radius 2 is 2.22 bits per heavy atom. The first kappa shape index (κ1) is 16.8. The van der Waals surface area contributed by atoms with Crippen molar-refractivity contribution < 1.29 is 4.79 Å². The van der Waals surface area contributed by atoms with E-state index in [9.17, 15) is 4.79 Å². The van der Waals surface area contributed by atoms with Crippen molar-refractivity contribution in [2.75, 3.05) is 24.7 Å². The number of thioether (sulfide) groups is 1. The molecule has 1 aromatic rings. The van der Waals surface area contributed by atoms with Crippen molar-refractivity contribution in [2.45, 2.75) is 38.9 Å². The largest absolute Gasteiger partial charge is 0.351 e. The number of rotatable bonds is 5. The molecule has 23 heavy (non-hydrogen) atoms. The molecule has 0 bridgehead atoms. The molecule has 0 spiro atoms. The summed E-state index contributed by atoms with van der Waals surface area (Å²) in [6, 6.07) is 8.47. The van der Waals surface area contributed by atoms with E-state index in [4.69, 9.17) is 0 Å². The Morgan fingerprint density at radius 3 is 2.96 bits per heavy atom. The second-order valence-corrected chi connectivity index (χ2v) is 7.77. The fourth-order valence-electron chi connectivity index (χ4n) is 3.42. The van der Waals surface area contributed by atoms with Gasteiger partial charge in [-0.05, 0) is 36.4 Å². The van der Waals surface area contributed by atoms with Crippen LogP contribution in [0.4, 0.5) is 0 Å². The third kappa shape index (κ3) is 4.72. The summed E-state index contributed by atoms with van der Waals surface area (Å²) >= 11 is 1.78. The minimum atomic E-state index is -0.0323. The van der Waals surface area contributed by atoms with Gasteiger partial charge in [0.2, 0.25) is 5.91 Å². The molecule has 0 saturated carbocycles. The fourth-order valence-corrected chi connectivity index (χ4v) is 4.37. The number of piperidine rings is 1. The van der Waals surface area contributed by atoms with Gasteiger partial charge >= 0.3 is 0 Å². The minimum absolute atomic E-state index is 0.0323. The van der Waals surface area contributed by atoms with Crippen molar-refractivity contribution in [3.05, 3.63) is 35.4 Å². The summed E-state index contributed by atoms with van der Waals surface area (Å²) in [5.41, 5.74) is 2.58. The van der Waals surface area contributed by atoms with E-state index in [1.54, 1.807) is 11.8 Å². The monoisotopic (exact) mass is 333 g/mol. The van der Waals surface area contributed by atoms with Crippen molar-refractivity contribution in [1.29, 1.82) is 0 Å². The third-order valence-electron chi connectivity index (χ3n) is 4.74. The van der Waals surface area contributed by atoms with Crippen molar-refractivity contribution >= 4 is 17.7 Å². The molecule has 2 N–H and O–H groups in total. The molecule has 0 aliphatic carbocycles. The molecule has 1 amide bonds. The highest BCUT2D eigenvalue weighted by Gasteiger charge is 2.22. The molecule has 5 heteroatoms. The summed E-state index contributed by atoms with van der Waals surface area (Å²) in [7, 11) is 0. The number of carbonyl (C=O) groups is 1. The lowest BCUT2D eigenvalue weighted by molar-refractivity contribution is -0.122. The zero-order valence-electron chi connectivity index (χ0n) is 13.9. The van der Waals surface area contributed by atoms with Crippen LogP contribution in [0.3, 0.4) is 0 Å². The molecular formula is C18H27N3OS. The maximum Gasteiger partial charge on any atom is 0.238 e. The van der Waals surface area contributed by atoms with Gasteiger partial charge in [-0.25, -0.2) is 0 Å². The van der Waals surface area contributed by atoms with Gasteiger partial charge < -0.3 is 5.32 Å². The number of nitrogens with one attached hydrogen (secondary N) is 2. The molecule has 2 saturated heterocycles. The molecule has 2 heterocycles. The number of hydrogen-bond donors (Lipinski definition) is 2. The van der Waals surface area contributed by atoms with E-state index in [0.717, 1.165) is 24.1 Å². The Labute approximate surface area is 143 Å². The summed E-state index contributed by atoms with van der Waals surface area (Å²) in [4.78, 5) is 14.7. The maximum absolute atomic E-state index is 12.2. The smallest absolute Gasteiger partial charge is 0.238 e. The second-order valence-electron chi connectivity index (χ2n) is 6.74. The second kappa shape index (κ2) is 8.18. The summed E-state index contributed by atoms with van der Waals surface area (Å²) in [5.74, 6) is 2.67. The zero-order valence-corrected chi connectivity index (χ0v) is 14.7. The first-order chi connectivity index (χ1) is 11.2. The standard InChI is InChI=1S/C18H27N3OS/c1-14-5-4-8-21(10-14)11-16-7-3-2-6-15(16)9-19-18(22)17-12-23-13-20-17/h2-3,6-7,14,17,20H,4-5,8-13H2,1H3,(H,19,22)/t14?,17-/m1/s1. The lowest BCUT2D eigenvalue weighted by Crippen LogP contribution is -2.41. The molecule has 2 fully saturated rings. The molecule has 4 nitrogen and oxygen atoms in total. The molecule has 1 unspecified atom stereocenters. The lowest BCUT2D eigenvalue weighted by Gasteiger charge is -2.31. The normalized spacial score (nSPS) is 25.4. The maximum atomic E-state index is 12.2. The van der Waals surface area contributed by atoms with E-state index in [-0.39, 0.29) is 11.9 Å². The molecule has 1 aromatic carbocycles. The van der Waals surface area contributed by atoms with Gasteiger partial charge in [0.1, 0.15) is 0 Å². The van der Waals surface area contributed by atoms with Gasteiger partial charge in [-0.1, -0.05) is 31.2 Å². The predicted molar refractivity (Wildman–Crippen MR) is 96.2 cm³/mol. The number of amides is 1. The number of likely N-dealkylation sites (tertiary alicyclic amines) is 1. The quantitative estimate of drug-likeness (QED) is 0.867. The molecular weight excluding hydrogens is 306 g/mol. The van der Waals surface area contributed by atoms with Gasteiger partial charge in [0.15, 0.2) is 0 Å². The van der Waals surface area contributed by atoms with E-state index in [1.807, 2.05) is 0 Å². The molecule has 126 valence electrons. The van der Waals surface area contributed by atoms with Crippen LogP contribution in [0.2, 0.25) is 0 Å². The highest BCUT2D eigenvalue weighted by molar-refractivity contribution is 7.99. The Bertz CT molecular complexity index is 531. The molecule has 2 atom stereocenters. The summed E-state index contributed by atoms with van der Waals surface area (Å²) in [5, 5.41) is 6.31. The molecule has 3 rings (SSSR count).